The first-order valence-corrected chi connectivity index (χ1v) is 8.36. The van der Waals surface area contributed by atoms with Crippen LogP contribution in [0.1, 0.15) is 5.76 Å². The van der Waals surface area contributed by atoms with Crippen molar-refractivity contribution in [1.29, 1.82) is 0 Å². The van der Waals surface area contributed by atoms with Gasteiger partial charge in [0.25, 0.3) is 5.91 Å². The number of morpholine rings is 1. The Bertz CT molecular complexity index is 709. The predicted octanol–water partition coefficient (Wildman–Crippen LogP) is 1.84. The van der Waals surface area contributed by atoms with E-state index in [2.05, 4.69) is 10.6 Å². The van der Waals surface area contributed by atoms with Crippen LogP contribution in [0.2, 0.25) is 0 Å². The molecule has 3 rings (SSSR count). The lowest BCUT2D eigenvalue weighted by atomic mass is 10.3. The maximum absolute atomic E-state index is 12.0. The van der Waals surface area contributed by atoms with E-state index in [1.54, 1.807) is 47.6 Å². The minimum Gasteiger partial charge on any atom is -0.484 e. The van der Waals surface area contributed by atoms with Gasteiger partial charge in [-0.05, 0) is 36.4 Å². The molecule has 8 heteroatoms. The van der Waals surface area contributed by atoms with Crippen LogP contribution in [0, 0.1) is 0 Å². The summed E-state index contributed by atoms with van der Waals surface area (Å²) >= 11 is 0. The summed E-state index contributed by atoms with van der Waals surface area (Å²) in [5.74, 6) is 1.18. The molecule has 1 fully saturated rings. The molecule has 3 amide bonds. The highest BCUT2D eigenvalue weighted by Gasteiger charge is 2.17. The molecule has 0 unspecified atom stereocenters. The Balaban J connectivity index is 1.41. The zero-order valence-corrected chi connectivity index (χ0v) is 14.3. The average molecular weight is 359 g/mol. The standard InChI is InChI=1S/C18H21N3O5/c22-17(21-7-10-24-11-8-21)13-26-15-5-3-14(4-6-15)20-18(23)19-12-16-2-1-9-25-16/h1-6,9H,7-8,10-13H2,(H2,19,20,23). The van der Waals surface area contributed by atoms with Gasteiger partial charge < -0.3 is 29.4 Å². The third-order valence-electron chi connectivity index (χ3n) is 3.84. The van der Waals surface area contributed by atoms with Gasteiger partial charge in [-0.3, -0.25) is 4.79 Å². The first kappa shape index (κ1) is 17.8. The van der Waals surface area contributed by atoms with Gasteiger partial charge in [-0.1, -0.05) is 0 Å². The van der Waals surface area contributed by atoms with Crippen LogP contribution in [0.5, 0.6) is 5.75 Å². The third kappa shape index (κ3) is 5.25. The zero-order valence-electron chi connectivity index (χ0n) is 14.3. The number of carbonyl (C=O) groups is 2. The molecule has 2 heterocycles. The quantitative estimate of drug-likeness (QED) is 0.821. The van der Waals surface area contributed by atoms with Crippen LogP contribution in [-0.4, -0.2) is 49.7 Å². The molecule has 1 aromatic heterocycles. The highest BCUT2D eigenvalue weighted by Crippen LogP contribution is 2.16. The van der Waals surface area contributed by atoms with Gasteiger partial charge in [0.05, 0.1) is 26.0 Å². The fourth-order valence-corrected chi connectivity index (χ4v) is 2.44. The lowest BCUT2D eigenvalue weighted by molar-refractivity contribution is -0.137. The molecule has 1 saturated heterocycles. The van der Waals surface area contributed by atoms with E-state index >= 15 is 0 Å². The van der Waals surface area contributed by atoms with Crippen molar-refractivity contribution >= 4 is 17.6 Å². The van der Waals surface area contributed by atoms with E-state index in [0.717, 1.165) is 0 Å². The molecule has 1 aromatic carbocycles. The molecule has 138 valence electrons. The summed E-state index contributed by atoms with van der Waals surface area (Å²) in [7, 11) is 0. The first-order chi connectivity index (χ1) is 12.7. The topological polar surface area (TPSA) is 93.0 Å². The number of nitrogens with zero attached hydrogens (tertiary/aromatic N) is 1. The SMILES string of the molecule is O=C(NCc1ccco1)Nc1ccc(OCC(=O)N2CCOCC2)cc1. The van der Waals surface area contributed by atoms with Gasteiger partial charge in [-0.15, -0.1) is 0 Å². The second kappa shape index (κ2) is 8.91. The molecule has 26 heavy (non-hydrogen) atoms. The summed E-state index contributed by atoms with van der Waals surface area (Å²) in [4.78, 5) is 25.6. The van der Waals surface area contributed by atoms with Crippen molar-refractivity contribution in [1.82, 2.24) is 10.2 Å². The number of amides is 3. The van der Waals surface area contributed by atoms with Crippen LogP contribution in [0.15, 0.2) is 47.1 Å². The summed E-state index contributed by atoms with van der Waals surface area (Å²) in [6, 6.07) is 10.0. The van der Waals surface area contributed by atoms with Crippen LogP contribution in [0.4, 0.5) is 10.5 Å². The minimum atomic E-state index is -0.336. The molecule has 2 N–H and O–H groups in total. The van der Waals surface area contributed by atoms with Crippen LogP contribution in [0.25, 0.3) is 0 Å². The maximum Gasteiger partial charge on any atom is 0.319 e. The Morgan fingerprint density at radius 1 is 1.12 bits per heavy atom. The van der Waals surface area contributed by atoms with Crippen LogP contribution in [-0.2, 0) is 16.1 Å². The molecule has 1 aliphatic rings. The molecular weight excluding hydrogens is 338 g/mol. The molecule has 0 atom stereocenters. The number of rotatable bonds is 6. The van der Waals surface area contributed by atoms with Crippen molar-refractivity contribution < 1.29 is 23.5 Å². The van der Waals surface area contributed by atoms with Crippen molar-refractivity contribution in [3.8, 4) is 5.75 Å². The van der Waals surface area contributed by atoms with Gasteiger partial charge in [0.2, 0.25) is 0 Å². The van der Waals surface area contributed by atoms with Gasteiger partial charge in [0.15, 0.2) is 6.61 Å². The van der Waals surface area contributed by atoms with E-state index in [0.29, 0.717) is 50.0 Å². The fourth-order valence-electron chi connectivity index (χ4n) is 2.44. The molecular formula is C18H21N3O5. The Labute approximate surface area is 151 Å². The van der Waals surface area contributed by atoms with Crippen molar-refractivity contribution in [2.45, 2.75) is 6.54 Å². The lowest BCUT2D eigenvalue weighted by Crippen LogP contribution is -2.42. The number of carbonyl (C=O) groups excluding carboxylic acids is 2. The maximum atomic E-state index is 12.0. The number of hydrogen-bond donors (Lipinski definition) is 2. The summed E-state index contributed by atoms with van der Waals surface area (Å²) < 4.78 is 15.9. The van der Waals surface area contributed by atoms with E-state index in [9.17, 15) is 9.59 Å². The molecule has 0 saturated carbocycles. The van der Waals surface area contributed by atoms with E-state index in [4.69, 9.17) is 13.9 Å². The van der Waals surface area contributed by atoms with E-state index in [1.807, 2.05) is 0 Å². The molecule has 8 nitrogen and oxygen atoms in total. The number of anilines is 1. The number of benzene rings is 1. The van der Waals surface area contributed by atoms with Crippen molar-refractivity contribution in [3.63, 3.8) is 0 Å². The highest BCUT2D eigenvalue weighted by atomic mass is 16.5. The average Bonchev–Trinajstić information content (AvgIpc) is 3.20. The third-order valence-corrected chi connectivity index (χ3v) is 3.84. The van der Waals surface area contributed by atoms with Gasteiger partial charge in [-0.2, -0.15) is 0 Å². The van der Waals surface area contributed by atoms with E-state index < -0.39 is 0 Å². The lowest BCUT2D eigenvalue weighted by Gasteiger charge is -2.26. The summed E-state index contributed by atoms with van der Waals surface area (Å²) in [5.41, 5.74) is 0.619. The van der Waals surface area contributed by atoms with E-state index in [-0.39, 0.29) is 18.5 Å². The van der Waals surface area contributed by atoms with Crippen LogP contribution < -0.4 is 15.4 Å². The van der Waals surface area contributed by atoms with E-state index in [1.165, 1.54) is 0 Å². The largest absolute Gasteiger partial charge is 0.484 e. The van der Waals surface area contributed by atoms with Crippen molar-refractivity contribution in [3.05, 3.63) is 48.4 Å². The number of ether oxygens (including phenoxy) is 2. The Hall–Kier alpha value is -3.00. The number of furan rings is 1. The molecule has 2 aromatic rings. The first-order valence-electron chi connectivity index (χ1n) is 8.36. The molecule has 0 radical (unpaired) electrons. The number of hydrogen-bond acceptors (Lipinski definition) is 5. The van der Waals surface area contributed by atoms with Gasteiger partial charge in [0.1, 0.15) is 11.5 Å². The van der Waals surface area contributed by atoms with Gasteiger partial charge in [0, 0.05) is 18.8 Å². The monoisotopic (exact) mass is 359 g/mol. The zero-order chi connectivity index (χ0) is 18.2. The fraction of sp³-hybridized carbons (Fsp3) is 0.333. The summed E-state index contributed by atoms with van der Waals surface area (Å²) in [5, 5.41) is 5.40. The molecule has 0 spiro atoms. The highest BCUT2D eigenvalue weighted by molar-refractivity contribution is 5.89. The predicted molar refractivity (Wildman–Crippen MR) is 93.9 cm³/mol. The second-order valence-corrected chi connectivity index (χ2v) is 5.69. The Kier molecular flexibility index (Phi) is 6.10. The normalized spacial score (nSPS) is 13.9. The number of urea groups is 1. The molecule has 1 aliphatic heterocycles. The van der Waals surface area contributed by atoms with Crippen LogP contribution in [0.3, 0.4) is 0 Å². The van der Waals surface area contributed by atoms with Crippen molar-refractivity contribution in [2.24, 2.45) is 0 Å². The Morgan fingerprint density at radius 2 is 1.88 bits per heavy atom. The van der Waals surface area contributed by atoms with Crippen molar-refractivity contribution in [2.75, 3.05) is 38.2 Å². The molecule has 0 aliphatic carbocycles. The van der Waals surface area contributed by atoms with Crippen LogP contribution >= 0.6 is 0 Å². The summed E-state index contributed by atoms with van der Waals surface area (Å²) in [6.07, 6.45) is 1.55. The second-order valence-electron chi connectivity index (χ2n) is 5.69. The summed E-state index contributed by atoms with van der Waals surface area (Å²) in [6.45, 7) is 2.61. The smallest absolute Gasteiger partial charge is 0.319 e. The Morgan fingerprint density at radius 3 is 2.58 bits per heavy atom. The van der Waals surface area contributed by atoms with Gasteiger partial charge >= 0.3 is 6.03 Å². The minimum absolute atomic E-state index is 0.0175. The number of nitrogens with one attached hydrogen (secondary N) is 2. The molecule has 0 bridgehead atoms. The van der Waals surface area contributed by atoms with Gasteiger partial charge in [-0.25, -0.2) is 4.79 Å².